The van der Waals surface area contributed by atoms with Crippen LogP contribution in [0.5, 0.6) is 69.0 Å². The Morgan fingerprint density at radius 2 is 1.07 bits per heavy atom. The number of phenolic OH excluding ortho intramolecular Hbond substituents is 4. The molecule has 42 nitrogen and oxygen atoms in total. The average molecular weight is 1890 g/mol. The zero-order valence-electron chi connectivity index (χ0n) is 71.0. The van der Waals surface area contributed by atoms with Crippen molar-refractivity contribution >= 4 is 76.4 Å². The highest BCUT2D eigenvalue weighted by atomic mass is 35.5. The van der Waals surface area contributed by atoms with E-state index in [9.17, 15) is 95.8 Å². The minimum atomic E-state index is -2.59. The number of phenols is 4. The number of aliphatic carboxylic acids is 1. The molecule has 7 aromatic carbocycles. The Hall–Kier alpha value is -12.1. The van der Waals surface area contributed by atoms with E-state index in [2.05, 4.69) is 56.4 Å². The van der Waals surface area contributed by atoms with Crippen molar-refractivity contribution in [3.63, 3.8) is 0 Å². The number of carboxylic acids is 1. The number of hydrogen-bond donors (Lipinski definition) is 24. The molecule has 7 aromatic rings. The summed E-state index contributed by atoms with van der Waals surface area (Å²) in [6, 6.07) is 0.677. The molecule has 17 bridgehead atoms. The van der Waals surface area contributed by atoms with Crippen molar-refractivity contribution in [1.29, 1.82) is 0 Å². The van der Waals surface area contributed by atoms with E-state index in [1.54, 1.807) is 0 Å². The molecule has 0 saturated carbocycles. The maximum atomic E-state index is 17.0. The standard InChI is InChI=1S/C89H99Cl2N9O33/c1-4-34(2)9-7-5-6-8-10-61(109)95-69-75(114)72(111)59(32-102)130-88(69)133-79-56-26-41-27-57(79)127-53-18-14-39(24-48(53)91)78(132-87-68(93-35(3)104)74(113)71(110)58(31-101)129-87)70-85(122)99-67(86(123)124)46-29-43(106)30-55(128-89-77(116)76(115)73(112)60(33-103)131-89)62(46)45-23-38(13-15-50(45)107)64(82(119)100-70)97-84(121)66(41)98-83(120)65-40-21-42(105)28-44(22-40)125-54-25-37(12-16-51(54)108)63(92)81(118)94-49(80(117)96-65)20-36-11-17-52(126-56)47(90)19-36/h11-19,21-30,34,49,58-60,63-78,87-89,101-103,105-108,110-116H,4-10,20,31-33,92H2,1-3H3,(H,93,104)(H,94,118)(H,95,109)(H,96,117)(H,97,121)(H,98,120)(H,99,122)(H,100,119)(H,123,124)/t34?,49-,58+,59+,60+,63+,64+,65+,66+,67-,68+,69+,70-,71+,72+,73+,74+,75+,76-,77-,78+,87-,88-,89-/m0/s1. The topological polar surface area (TPSA) is 662 Å². The van der Waals surface area contributed by atoms with Crippen LogP contribution in [-0.4, -0.2) is 254 Å². The second-order valence-corrected chi connectivity index (χ2v) is 34.1. The number of benzene rings is 7. The van der Waals surface area contributed by atoms with E-state index in [0.29, 0.717) is 18.8 Å². The summed E-state index contributed by atoms with van der Waals surface area (Å²) in [6.07, 6.45) is -24.9. The van der Waals surface area contributed by atoms with Crippen LogP contribution in [0, 0.1) is 5.92 Å². The number of carbonyl (C=O) groups is 9. The van der Waals surface area contributed by atoms with Crippen LogP contribution in [0.25, 0.3) is 11.1 Å². The number of amides is 8. The van der Waals surface area contributed by atoms with Gasteiger partial charge in [0.1, 0.15) is 156 Å². The van der Waals surface area contributed by atoms with Crippen molar-refractivity contribution in [2.24, 2.45) is 11.7 Å². The Bertz CT molecular complexity index is 5580. The van der Waals surface area contributed by atoms with E-state index < -0.39 is 316 Å². The minimum absolute atomic E-state index is 0.0270. The first-order valence-corrected chi connectivity index (χ1v) is 43.2. The first kappa shape index (κ1) is 97.0. The number of carbonyl (C=O) groups excluding carboxylic acids is 8. The predicted molar refractivity (Wildman–Crippen MR) is 458 cm³/mol. The van der Waals surface area contributed by atoms with E-state index in [0.717, 1.165) is 118 Å². The molecule has 0 spiro atoms. The van der Waals surface area contributed by atoms with Crippen LogP contribution < -0.4 is 72.0 Å². The first-order valence-electron chi connectivity index (χ1n) is 42.5. The summed E-state index contributed by atoms with van der Waals surface area (Å²) in [6.45, 7) is 2.03. The number of fused-ring (bicyclic) bond motifs is 14. The smallest absolute Gasteiger partial charge is 0.330 e. The third kappa shape index (κ3) is 21.1. The highest BCUT2D eigenvalue weighted by Gasteiger charge is 2.52. The third-order valence-electron chi connectivity index (χ3n) is 24.0. The predicted octanol–water partition coefficient (Wildman–Crippen LogP) is 1.41. The molecule has 16 rings (SSSR count). The molecule has 9 aliphatic rings. The van der Waals surface area contributed by atoms with Crippen molar-refractivity contribution < 1.29 is 162 Å². The van der Waals surface area contributed by atoms with Crippen LogP contribution >= 0.6 is 23.2 Å². The number of ether oxygens (including phenoxy) is 9. The van der Waals surface area contributed by atoms with Crippen LogP contribution in [0.4, 0.5) is 0 Å². The zero-order chi connectivity index (χ0) is 95.6. The van der Waals surface area contributed by atoms with Crippen molar-refractivity contribution in [2.75, 3.05) is 19.8 Å². The number of nitrogens with two attached hydrogens (primary N) is 1. The van der Waals surface area contributed by atoms with E-state index in [1.165, 1.54) is 30.3 Å². The Morgan fingerprint density at radius 1 is 0.511 bits per heavy atom. The van der Waals surface area contributed by atoms with Gasteiger partial charge in [-0.3, -0.25) is 38.4 Å². The molecule has 3 saturated heterocycles. The Kier molecular flexibility index (Phi) is 30.0. The molecule has 1 unspecified atom stereocenters. The fourth-order valence-corrected chi connectivity index (χ4v) is 17.1. The molecule has 8 amide bonds. The van der Waals surface area contributed by atoms with E-state index >= 15 is 24.0 Å². The highest BCUT2D eigenvalue weighted by molar-refractivity contribution is 6.32. The summed E-state index contributed by atoms with van der Waals surface area (Å²) in [5, 5.41) is 190. The number of hydrogen-bond acceptors (Lipinski definition) is 33. The SMILES string of the molecule is CCC(C)CCCCCCC(=O)N[C@H]1[C@H](Oc2c3cc4cc2Oc2ccc(cc2Cl)[C@@H](O[C@@H]2O[C@H](CO)[C@@H](O)[C@H](O)[C@H]2NC(C)=O)[C@@H]2NC(=O)[C@H](NC(=O)[C@@H]4NC(=O)[C@@H]4NC(=O)[C@H](Cc5ccc(c(Cl)c5)O3)NC(=O)[C@H](N)c3ccc(O)c(c3)Oc3cc(O)cc4c3)c3ccc(O)c(c3)-c3c(O[C@H]4O[C@H](CO)[C@@H](O)[C@H](O)[C@@H]4O)cc(O)cc3[C@@H](C(=O)O)NC2=O)O[C@H](CO)[C@@H](O)[C@@H]1O. The average Bonchev–Trinajstić information content (AvgIpc) is 0.763. The molecule has 133 heavy (non-hydrogen) atoms. The normalized spacial score (nSPS) is 29.0. The number of unbranched alkanes of at least 4 members (excludes halogenated alkanes) is 3. The second-order valence-electron chi connectivity index (χ2n) is 33.3. The molecule has 3 fully saturated rings. The highest BCUT2D eigenvalue weighted by Crippen LogP contribution is 2.51. The van der Waals surface area contributed by atoms with Crippen molar-refractivity contribution in [3.05, 3.63) is 164 Å². The molecular weight excluding hydrogens is 1790 g/mol. The van der Waals surface area contributed by atoms with Crippen molar-refractivity contribution in [1.82, 2.24) is 42.5 Å². The molecule has 0 aromatic heterocycles. The van der Waals surface area contributed by atoms with Gasteiger partial charge >= 0.3 is 5.97 Å². The largest absolute Gasteiger partial charge is 0.508 e. The molecule has 0 radical (unpaired) electrons. The number of nitrogens with one attached hydrogen (secondary N) is 8. The fraction of sp³-hybridized carbons (Fsp3) is 0.427. The molecule has 9 heterocycles. The Labute approximate surface area is 766 Å². The van der Waals surface area contributed by atoms with E-state index in [4.69, 9.17) is 71.6 Å². The molecule has 24 atom stereocenters. The Morgan fingerprint density at radius 3 is 1.70 bits per heavy atom. The van der Waals surface area contributed by atoms with Crippen LogP contribution in [0.2, 0.25) is 10.0 Å². The lowest BCUT2D eigenvalue weighted by Gasteiger charge is -2.44. The molecule has 9 aliphatic heterocycles. The monoisotopic (exact) mass is 1890 g/mol. The number of aliphatic hydroxyl groups excluding tert-OH is 10. The van der Waals surface area contributed by atoms with Gasteiger partial charge in [0.2, 0.25) is 65.6 Å². The van der Waals surface area contributed by atoms with Gasteiger partial charge in [0, 0.05) is 48.6 Å². The molecule has 0 aliphatic carbocycles. The number of aliphatic hydroxyl groups is 10. The summed E-state index contributed by atoms with van der Waals surface area (Å²) < 4.78 is 57.5. The van der Waals surface area contributed by atoms with Crippen LogP contribution in [-0.2, 0) is 68.5 Å². The van der Waals surface area contributed by atoms with Gasteiger partial charge in [-0.1, -0.05) is 93.4 Å². The van der Waals surface area contributed by atoms with E-state index in [-0.39, 0.29) is 39.8 Å². The summed E-state index contributed by atoms with van der Waals surface area (Å²) in [7, 11) is 0. The molecule has 44 heteroatoms. The zero-order valence-corrected chi connectivity index (χ0v) is 72.5. The number of rotatable bonds is 20. The minimum Gasteiger partial charge on any atom is -0.508 e. The molecule has 25 N–H and O–H groups in total. The van der Waals surface area contributed by atoms with E-state index in [1.807, 2.05) is 0 Å². The lowest BCUT2D eigenvalue weighted by Crippen LogP contribution is -2.65. The maximum absolute atomic E-state index is 17.0. The fourth-order valence-electron chi connectivity index (χ4n) is 16.6. The van der Waals surface area contributed by atoms with Gasteiger partial charge in [-0.25, -0.2) is 4.79 Å². The molecule has 712 valence electrons. The van der Waals surface area contributed by atoms with Gasteiger partial charge < -0.3 is 167 Å². The van der Waals surface area contributed by atoms with Gasteiger partial charge in [0.05, 0.1) is 29.9 Å². The van der Waals surface area contributed by atoms with Gasteiger partial charge in [-0.2, -0.15) is 0 Å². The summed E-state index contributed by atoms with van der Waals surface area (Å²) in [5.41, 5.74) is 2.80. The quantitative estimate of drug-likeness (QED) is 0.0480. The summed E-state index contributed by atoms with van der Waals surface area (Å²) >= 11 is 14.7. The van der Waals surface area contributed by atoms with Gasteiger partial charge in [0.15, 0.2) is 35.3 Å². The molecular formula is C89H99Cl2N9O33. The number of halogens is 2. The van der Waals surface area contributed by atoms with Crippen LogP contribution in [0.3, 0.4) is 0 Å². The lowest BCUT2D eigenvalue weighted by atomic mass is 9.89. The van der Waals surface area contributed by atoms with Crippen LogP contribution in [0.15, 0.2) is 115 Å². The Balaban J connectivity index is 1.03. The van der Waals surface area contributed by atoms with Crippen LogP contribution in [0.1, 0.15) is 141 Å². The lowest BCUT2D eigenvalue weighted by molar-refractivity contribution is -0.284. The van der Waals surface area contributed by atoms with Gasteiger partial charge in [-0.15, -0.1) is 0 Å². The summed E-state index contributed by atoms with van der Waals surface area (Å²) in [5.74, 6) is -19.1. The van der Waals surface area contributed by atoms with Crippen molar-refractivity contribution in [3.8, 4) is 80.1 Å². The van der Waals surface area contributed by atoms with Crippen molar-refractivity contribution in [2.45, 2.75) is 213 Å². The van der Waals surface area contributed by atoms with Gasteiger partial charge in [-0.05, 0) is 125 Å². The summed E-state index contributed by atoms with van der Waals surface area (Å²) in [4.78, 5) is 138. The first-order chi connectivity index (χ1) is 63.4. The maximum Gasteiger partial charge on any atom is 0.330 e. The third-order valence-corrected chi connectivity index (χ3v) is 24.6. The van der Waals surface area contributed by atoms with Gasteiger partial charge in [0.25, 0.3) is 0 Å². The second kappa shape index (κ2) is 41.2. The number of carboxylic acid groups (broad SMARTS) is 1. The number of aromatic hydroxyl groups is 4.